The van der Waals surface area contributed by atoms with Gasteiger partial charge >= 0.3 is 0 Å². The van der Waals surface area contributed by atoms with Crippen molar-refractivity contribution in [2.24, 2.45) is 14.1 Å². The van der Waals surface area contributed by atoms with Crippen LogP contribution in [0.4, 0.5) is 0 Å². The smallest absolute Gasteiger partial charge is 0.254 e. The molecule has 0 unspecified atom stereocenters. The van der Waals surface area contributed by atoms with E-state index in [1.165, 1.54) is 10.6 Å². The summed E-state index contributed by atoms with van der Waals surface area (Å²) < 4.78 is 10.5. The van der Waals surface area contributed by atoms with Crippen LogP contribution in [0.3, 0.4) is 0 Å². The van der Waals surface area contributed by atoms with Gasteiger partial charge in [0.15, 0.2) is 18.2 Å². The summed E-state index contributed by atoms with van der Waals surface area (Å²) in [7, 11) is 3.38. The summed E-state index contributed by atoms with van der Waals surface area (Å²) in [6.07, 6.45) is 3.48. The molecule has 0 bridgehead atoms. The number of ether oxygens (including phenoxy) is 1. The molecular formula is C35H36N4O6. The number of pyridine rings is 4. The number of nitrogens with zero attached hydrogens (tertiary/aromatic N) is 3. The third-order valence-electron chi connectivity index (χ3n) is 8.82. The number of nitrogens with one attached hydrogen (secondary N) is 1. The van der Waals surface area contributed by atoms with Gasteiger partial charge in [-0.2, -0.15) is 0 Å². The Balaban J connectivity index is 0.000000159. The van der Waals surface area contributed by atoms with Crippen LogP contribution >= 0.6 is 0 Å². The Morgan fingerprint density at radius 3 is 1.89 bits per heavy atom. The van der Waals surface area contributed by atoms with Crippen molar-refractivity contribution in [2.75, 3.05) is 0 Å². The Hall–Kier alpha value is -5.12. The molecule has 0 saturated heterocycles. The number of aromatic nitrogens is 4. The van der Waals surface area contributed by atoms with Crippen LogP contribution in [-0.2, 0) is 33.7 Å². The molecule has 10 heteroatoms. The van der Waals surface area contributed by atoms with E-state index in [1.807, 2.05) is 26.8 Å². The molecule has 1 aliphatic rings. The number of aryl methyl sites for hydroxylation is 6. The van der Waals surface area contributed by atoms with Gasteiger partial charge in [-0.1, -0.05) is 26.7 Å². The van der Waals surface area contributed by atoms with E-state index >= 15 is 0 Å². The number of phenols is 1. The van der Waals surface area contributed by atoms with Gasteiger partial charge < -0.3 is 24.0 Å². The van der Waals surface area contributed by atoms with E-state index in [1.54, 1.807) is 41.4 Å². The summed E-state index contributed by atoms with van der Waals surface area (Å²) in [5.41, 5.74) is 5.56. The minimum atomic E-state index is -0.269. The first-order valence-corrected chi connectivity index (χ1v) is 15.2. The summed E-state index contributed by atoms with van der Waals surface area (Å²) in [5.74, 6) is 0.599. The molecule has 2 aromatic carbocycles. The van der Waals surface area contributed by atoms with Crippen molar-refractivity contribution in [3.63, 3.8) is 0 Å². The minimum absolute atomic E-state index is 0.0476. The first-order chi connectivity index (χ1) is 21.5. The Morgan fingerprint density at radius 2 is 1.27 bits per heavy atom. The molecule has 0 fully saturated rings. The molecule has 4 aromatic heterocycles. The van der Waals surface area contributed by atoms with E-state index in [2.05, 4.69) is 18.0 Å². The summed E-state index contributed by atoms with van der Waals surface area (Å²) >= 11 is 0. The molecule has 0 amide bonds. The molecule has 0 atom stereocenters. The molecule has 1 aliphatic heterocycles. The molecule has 232 valence electrons. The number of phenolic OH excluding ortho intramolecular Hbond substituents is 1. The fraction of sp³-hybridized carbons (Fsp3) is 0.314. The van der Waals surface area contributed by atoms with Gasteiger partial charge in [0, 0.05) is 59.9 Å². The molecule has 0 saturated carbocycles. The molecule has 10 nitrogen and oxygen atoms in total. The molecule has 2 N–H and O–H groups in total. The zero-order valence-corrected chi connectivity index (χ0v) is 26.3. The van der Waals surface area contributed by atoms with Crippen molar-refractivity contribution in [2.45, 2.75) is 60.1 Å². The van der Waals surface area contributed by atoms with Crippen molar-refractivity contribution in [1.29, 1.82) is 0 Å². The molecule has 5 heterocycles. The lowest BCUT2D eigenvalue weighted by Gasteiger charge is -2.14. The highest BCUT2D eigenvalue weighted by Crippen LogP contribution is 2.39. The monoisotopic (exact) mass is 608 g/mol. The van der Waals surface area contributed by atoms with Gasteiger partial charge in [-0.15, -0.1) is 0 Å². The van der Waals surface area contributed by atoms with Crippen molar-refractivity contribution in [3.8, 4) is 11.5 Å². The normalized spacial score (nSPS) is 12.2. The lowest BCUT2D eigenvalue weighted by molar-refractivity contribution is 0.268. The van der Waals surface area contributed by atoms with Crippen molar-refractivity contribution < 1.29 is 9.84 Å². The highest BCUT2D eigenvalue weighted by atomic mass is 16.5. The third-order valence-corrected chi connectivity index (χ3v) is 8.82. The first kappa shape index (κ1) is 29.9. The summed E-state index contributed by atoms with van der Waals surface area (Å²) in [5, 5.41) is 14.3. The highest BCUT2D eigenvalue weighted by molar-refractivity contribution is 6.05. The molecular weight excluding hydrogens is 572 g/mol. The van der Waals surface area contributed by atoms with Crippen LogP contribution in [-0.4, -0.2) is 23.8 Å². The first-order valence-electron chi connectivity index (χ1n) is 15.2. The van der Waals surface area contributed by atoms with Gasteiger partial charge in [0.2, 0.25) is 5.56 Å². The SMILES string of the molecule is CCCc1cc(=O)n(C)c2c(O)c3[nH]c(=O)cc(C)c3cc12.CCCc1cc(=O)n(C)c2c3c4c(cc12)c(C)cc(=O)n4CO3. The van der Waals surface area contributed by atoms with Gasteiger partial charge in [0.05, 0.1) is 22.1 Å². The predicted octanol–water partition coefficient (Wildman–Crippen LogP) is 4.81. The average Bonchev–Trinajstić information content (AvgIpc) is 3.44. The van der Waals surface area contributed by atoms with E-state index < -0.39 is 0 Å². The van der Waals surface area contributed by atoms with E-state index in [-0.39, 0.29) is 34.7 Å². The van der Waals surface area contributed by atoms with Crippen LogP contribution in [0.2, 0.25) is 0 Å². The van der Waals surface area contributed by atoms with Gasteiger partial charge in [-0.05, 0) is 61.1 Å². The molecule has 0 spiro atoms. The second-order valence-electron chi connectivity index (χ2n) is 11.9. The van der Waals surface area contributed by atoms with Crippen molar-refractivity contribution in [1.82, 2.24) is 18.7 Å². The van der Waals surface area contributed by atoms with Crippen molar-refractivity contribution in [3.05, 3.63) is 100 Å². The number of benzene rings is 2. The molecule has 0 aliphatic carbocycles. The second-order valence-corrected chi connectivity index (χ2v) is 11.9. The minimum Gasteiger partial charge on any atom is -0.504 e. The number of hydrogen-bond donors (Lipinski definition) is 2. The Labute approximate surface area is 257 Å². The molecule has 6 aromatic rings. The van der Waals surface area contributed by atoms with Gasteiger partial charge in [0.1, 0.15) is 0 Å². The Kier molecular flexibility index (Phi) is 7.39. The van der Waals surface area contributed by atoms with E-state index in [0.717, 1.165) is 80.5 Å². The maximum Gasteiger partial charge on any atom is 0.254 e. The molecule has 7 rings (SSSR count). The zero-order valence-electron chi connectivity index (χ0n) is 26.3. The van der Waals surface area contributed by atoms with Gasteiger partial charge in [0.25, 0.3) is 16.7 Å². The predicted molar refractivity (Wildman–Crippen MR) is 178 cm³/mol. The maximum atomic E-state index is 12.3. The van der Waals surface area contributed by atoms with Crippen LogP contribution in [0.25, 0.3) is 43.6 Å². The fourth-order valence-electron chi connectivity index (χ4n) is 6.56. The number of H-pyrrole nitrogens is 1. The Bertz CT molecular complexity index is 2450. The topological polar surface area (TPSA) is 128 Å². The van der Waals surface area contributed by atoms with E-state index in [9.17, 15) is 24.3 Å². The standard InChI is InChI=1S/C18H18N2O3.C17H18N2O3/c1-4-5-11-7-14(21)19(3)16-13(11)8-12-10(2)6-15(22)20-9-23-18(16)17(12)20;1-4-5-10-7-14(21)19(3)16-12(10)8-11-9(2)6-13(20)18-15(11)17(16)22/h6-8H,4-5,9H2,1-3H3;6-8,22H,4-5H2,1-3H3,(H,18,20). The maximum absolute atomic E-state index is 12.3. The highest BCUT2D eigenvalue weighted by Gasteiger charge is 2.24. The zero-order chi connectivity index (χ0) is 32.3. The number of hydrogen-bond acceptors (Lipinski definition) is 6. The average molecular weight is 609 g/mol. The number of aromatic amines is 1. The lowest BCUT2D eigenvalue weighted by Crippen LogP contribution is -2.18. The molecule has 45 heavy (non-hydrogen) atoms. The van der Waals surface area contributed by atoms with Gasteiger partial charge in [-0.3, -0.25) is 23.7 Å². The van der Waals surface area contributed by atoms with Crippen LogP contribution in [0.5, 0.6) is 11.5 Å². The van der Waals surface area contributed by atoms with Gasteiger partial charge in [-0.25, -0.2) is 0 Å². The summed E-state index contributed by atoms with van der Waals surface area (Å²) in [6, 6.07) is 10.5. The van der Waals surface area contributed by atoms with Crippen LogP contribution in [0.15, 0.2) is 55.6 Å². The lowest BCUT2D eigenvalue weighted by atomic mass is 10.00. The van der Waals surface area contributed by atoms with Crippen LogP contribution in [0, 0.1) is 13.8 Å². The fourth-order valence-corrected chi connectivity index (χ4v) is 6.56. The molecule has 0 radical (unpaired) electrons. The van der Waals surface area contributed by atoms with Crippen LogP contribution in [0.1, 0.15) is 48.9 Å². The van der Waals surface area contributed by atoms with Crippen molar-refractivity contribution >= 4 is 43.6 Å². The summed E-state index contributed by atoms with van der Waals surface area (Å²) in [4.78, 5) is 51.0. The quantitative estimate of drug-likeness (QED) is 0.277. The number of fused-ring (bicyclic) bond motifs is 4. The van der Waals surface area contributed by atoms with E-state index in [0.29, 0.717) is 16.8 Å². The Morgan fingerprint density at radius 1 is 0.711 bits per heavy atom. The van der Waals surface area contributed by atoms with Crippen LogP contribution < -0.4 is 27.0 Å². The summed E-state index contributed by atoms with van der Waals surface area (Å²) in [6.45, 7) is 8.13. The largest absolute Gasteiger partial charge is 0.504 e. The number of aromatic hydroxyl groups is 1. The third kappa shape index (κ3) is 4.72. The van der Waals surface area contributed by atoms with E-state index in [4.69, 9.17) is 4.74 Å². The second kappa shape index (κ2) is 11.1. The number of rotatable bonds is 4.